The lowest BCUT2D eigenvalue weighted by molar-refractivity contribution is -0.141. The van der Waals surface area contributed by atoms with E-state index in [4.69, 9.17) is 4.74 Å². The third-order valence-corrected chi connectivity index (χ3v) is 4.90. The first-order valence-corrected chi connectivity index (χ1v) is 9.78. The van der Waals surface area contributed by atoms with Gasteiger partial charge in [0.05, 0.1) is 17.8 Å². The molecule has 7 nitrogen and oxygen atoms in total. The molecular weight excluding hydrogens is 378 g/mol. The Bertz CT molecular complexity index is 918. The lowest BCUT2D eigenvalue weighted by Gasteiger charge is -2.11. The summed E-state index contributed by atoms with van der Waals surface area (Å²) in [6.45, 7) is 5.53. The highest BCUT2D eigenvalue weighted by Crippen LogP contribution is 2.35. The minimum absolute atomic E-state index is 0.0195. The van der Waals surface area contributed by atoms with Crippen molar-refractivity contribution in [1.82, 2.24) is 4.98 Å². The maximum absolute atomic E-state index is 12.5. The number of nitrogens with one attached hydrogen (secondary N) is 2. The van der Waals surface area contributed by atoms with Gasteiger partial charge in [-0.15, -0.1) is 11.3 Å². The molecule has 1 aliphatic rings. The second-order valence-electron chi connectivity index (χ2n) is 6.56. The van der Waals surface area contributed by atoms with Gasteiger partial charge in [-0.2, -0.15) is 0 Å². The molecule has 2 amide bonds. The molecule has 8 heteroatoms. The van der Waals surface area contributed by atoms with Crippen LogP contribution in [0.25, 0.3) is 0 Å². The number of nitrogens with zero attached hydrogens (tertiary/aromatic N) is 1. The van der Waals surface area contributed by atoms with E-state index < -0.39 is 12.0 Å². The Balaban J connectivity index is 1.61. The number of ether oxygens (including phenoxy) is 1. The third kappa shape index (κ3) is 5.26. The molecule has 0 spiro atoms. The van der Waals surface area contributed by atoms with Crippen molar-refractivity contribution in [3.8, 4) is 0 Å². The molecule has 2 aromatic rings. The van der Waals surface area contributed by atoms with Crippen LogP contribution in [0.4, 0.5) is 15.6 Å². The number of amides is 2. The van der Waals surface area contributed by atoms with Gasteiger partial charge in [0.1, 0.15) is 6.61 Å². The van der Waals surface area contributed by atoms with E-state index in [1.807, 2.05) is 13.0 Å². The summed E-state index contributed by atoms with van der Waals surface area (Å²) >= 11 is 1.20. The molecule has 1 fully saturated rings. The van der Waals surface area contributed by atoms with Gasteiger partial charge < -0.3 is 10.1 Å². The number of benzene rings is 1. The molecule has 1 heterocycles. The van der Waals surface area contributed by atoms with E-state index in [2.05, 4.69) is 22.2 Å². The van der Waals surface area contributed by atoms with Gasteiger partial charge in [-0.3, -0.25) is 14.9 Å². The Morgan fingerprint density at radius 2 is 2.11 bits per heavy atom. The Labute approximate surface area is 166 Å². The maximum Gasteiger partial charge on any atom is 0.325 e. The van der Waals surface area contributed by atoms with Crippen LogP contribution < -0.4 is 10.6 Å². The summed E-state index contributed by atoms with van der Waals surface area (Å²) in [4.78, 5) is 40.6. The molecule has 0 aliphatic heterocycles. The quantitative estimate of drug-likeness (QED) is 0.398. The Morgan fingerprint density at radius 1 is 1.32 bits per heavy atom. The summed E-state index contributed by atoms with van der Waals surface area (Å²) in [6, 6.07) is 4.87. The topological polar surface area (TPSA) is 97.4 Å². The summed E-state index contributed by atoms with van der Waals surface area (Å²) in [6.07, 6.45) is 3.31. The van der Waals surface area contributed by atoms with Crippen molar-refractivity contribution in [3.05, 3.63) is 53.1 Å². The molecule has 3 rings (SSSR count). The number of hydrogen-bond donors (Lipinski definition) is 2. The van der Waals surface area contributed by atoms with Crippen molar-refractivity contribution in [2.75, 3.05) is 17.2 Å². The highest BCUT2D eigenvalue weighted by atomic mass is 32.1. The molecular formula is C20H21N3O4S. The van der Waals surface area contributed by atoms with Crippen molar-refractivity contribution < 1.29 is 19.1 Å². The zero-order chi connectivity index (χ0) is 20.1. The number of esters is 1. The standard InChI is InChI=1S/C20H21N3O4S/c1-3-8-27-17(24)10-14-11-28-20(21-14)23-19(26)22-16-7-4-12(2)9-15(16)18(25)13-5-6-13/h3-4,7,9,11,13H,1,5-6,8,10H2,2H3,(H2,21,22,23,26). The van der Waals surface area contributed by atoms with Gasteiger partial charge in [0.25, 0.3) is 0 Å². The van der Waals surface area contributed by atoms with Gasteiger partial charge in [0.15, 0.2) is 10.9 Å². The molecule has 146 valence electrons. The monoisotopic (exact) mass is 399 g/mol. The van der Waals surface area contributed by atoms with E-state index in [-0.39, 0.29) is 24.7 Å². The number of urea groups is 1. The number of rotatable bonds is 8. The molecule has 0 bridgehead atoms. The summed E-state index contributed by atoms with van der Waals surface area (Å²) in [7, 11) is 0. The van der Waals surface area contributed by atoms with Crippen molar-refractivity contribution in [2.45, 2.75) is 26.2 Å². The van der Waals surface area contributed by atoms with Gasteiger partial charge in [-0.1, -0.05) is 24.3 Å². The van der Waals surface area contributed by atoms with Crippen molar-refractivity contribution >= 4 is 39.9 Å². The van der Waals surface area contributed by atoms with Gasteiger partial charge >= 0.3 is 12.0 Å². The molecule has 0 saturated heterocycles. The molecule has 0 unspecified atom stereocenters. The summed E-state index contributed by atoms with van der Waals surface area (Å²) in [5.41, 5.74) is 2.48. The van der Waals surface area contributed by atoms with E-state index in [0.29, 0.717) is 22.1 Å². The fourth-order valence-electron chi connectivity index (χ4n) is 2.58. The number of aryl methyl sites for hydroxylation is 1. The van der Waals surface area contributed by atoms with Gasteiger partial charge in [-0.25, -0.2) is 9.78 Å². The van der Waals surface area contributed by atoms with E-state index in [0.717, 1.165) is 18.4 Å². The SMILES string of the molecule is C=CCOC(=O)Cc1csc(NC(=O)Nc2ccc(C)cc2C(=O)C2CC2)n1. The second kappa shape index (κ2) is 8.79. The van der Waals surface area contributed by atoms with Gasteiger partial charge in [0.2, 0.25) is 0 Å². The molecule has 1 aromatic heterocycles. The highest BCUT2D eigenvalue weighted by Gasteiger charge is 2.32. The number of anilines is 2. The van der Waals surface area contributed by atoms with Crippen LogP contribution in [-0.2, 0) is 16.0 Å². The molecule has 28 heavy (non-hydrogen) atoms. The molecule has 1 aliphatic carbocycles. The Morgan fingerprint density at radius 3 is 2.82 bits per heavy atom. The van der Waals surface area contributed by atoms with Crippen LogP contribution >= 0.6 is 11.3 Å². The lowest BCUT2D eigenvalue weighted by Crippen LogP contribution is -2.21. The fourth-order valence-corrected chi connectivity index (χ4v) is 3.29. The van der Waals surface area contributed by atoms with E-state index in [1.54, 1.807) is 17.5 Å². The highest BCUT2D eigenvalue weighted by molar-refractivity contribution is 7.14. The maximum atomic E-state index is 12.5. The molecule has 0 radical (unpaired) electrons. The first-order valence-electron chi connectivity index (χ1n) is 8.90. The first kappa shape index (κ1) is 19.8. The van der Waals surface area contributed by atoms with E-state index in [1.165, 1.54) is 17.4 Å². The number of carbonyl (C=O) groups is 3. The van der Waals surface area contributed by atoms with Crippen LogP contribution in [0.2, 0.25) is 0 Å². The van der Waals surface area contributed by atoms with Crippen LogP contribution in [0.5, 0.6) is 0 Å². The average molecular weight is 399 g/mol. The van der Waals surface area contributed by atoms with E-state index in [9.17, 15) is 14.4 Å². The molecule has 1 saturated carbocycles. The number of aromatic nitrogens is 1. The summed E-state index contributed by atoms with van der Waals surface area (Å²) in [5, 5.41) is 7.38. The van der Waals surface area contributed by atoms with Crippen LogP contribution in [0.15, 0.2) is 36.2 Å². The van der Waals surface area contributed by atoms with E-state index >= 15 is 0 Å². The number of ketones is 1. The molecule has 0 atom stereocenters. The minimum atomic E-state index is -0.496. The smallest absolute Gasteiger partial charge is 0.325 e. The van der Waals surface area contributed by atoms with Crippen LogP contribution in [-0.4, -0.2) is 29.4 Å². The normalized spacial score (nSPS) is 12.9. The lowest BCUT2D eigenvalue weighted by atomic mass is 10.0. The van der Waals surface area contributed by atoms with Crippen molar-refractivity contribution in [3.63, 3.8) is 0 Å². The Kier molecular flexibility index (Phi) is 6.20. The molecule has 1 aromatic carbocycles. The van der Waals surface area contributed by atoms with Crippen LogP contribution in [0.1, 0.15) is 34.5 Å². The largest absolute Gasteiger partial charge is 0.461 e. The third-order valence-electron chi connectivity index (χ3n) is 4.10. The Hall–Kier alpha value is -3.00. The number of thiazole rings is 1. The summed E-state index contributed by atoms with van der Waals surface area (Å²) < 4.78 is 4.91. The minimum Gasteiger partial charge on any atom is -0.461 e. The van der Waals surface area contributed by atoms with Gasteiger partial charge in [-0.05, 0) is 31.9 Å². The predicted molar refractivity (Wildman–Crippen MR) is 108 cm³/mol. The fraction of sp³-hybridized carbons (Fsp3) is 0.300. The predicted octanol–water partition coefficient (Wildman–Crippen LogP) is 3.96. The van der Waals surface area contributed by atoms with Crippen molar-refractivity contribution in [1.29, 1.82) is 0 Å². The van der Waals surface area contributed by atoms with Crippen molar-refractivity contribution in [2.24, 2.45) is 5.92 Å². The van der Waals surface area contributed by atoms with Crippen LogP contribution in [0, 0.1) is 12.8 Å². The first-order chi connectivity index (χ1) is 13.5. The zero-order valence-corrected chi connectivity index (χ0v) is 16.3. The molecule has 2 N–H and O–H groups in total. The second-order valence-corrected chi connectivity index (χ2v) is 7.42. The zero-order valence-electron chi connectivity index (χ0n) is 15.5. The summed E-state index contributed by atoms with van der Waals surface area (Å²) in [5.74, 6) is -0.287. The average Bonchev–Trinajstić information content (AvgIpc) is 3.42. The number of carbonyl (C=O) groups excluding carboxylic acids is 3. The number of hydrogen-bond acceptors (Lipinski definition) is 6. The van der Waals surface area contributed by atoms with Crippen LogP contribution in [0.3, 0.4) is 0 Å². The van der Waals surface area contributed by atoms with Gasteiger partial charge in [0, 0.05) is 16.9 Å². The number of Topliss-reactive ketones (excluding diaryl/α,β-unsaturated/α-hetero) is 1.